The highest BCUT2D eigenvalue weighted by Crippen LogP contribution is 2.31. The van der Waals surface area contributed by atoms with E-state index >= 15 is 0 Å². The molecule has 1 fully saturated rings. The van der Waals surface area contributed by atoms with E-state index in [1.54, 1.807) is 19.2 Å². The quantitative estimate of drug-likeness (QED) is 0.302. The Balaban J connectivity index is 0.000000534. The fraction of sp³-hybridized carbons (Fsp3) is 0.333. The molecule has 11 heteroatoms. The van der Waals surface area contributed by atoms with Gasteiger partial charge in [-0.1, -0.05) is 34.1 Å². The van der Waals surface area contributed by atoms with Gasteiger partial charge in [0.25, 0.3) is 5.69 Å². The number of piperidine rings is 1. The van der Waals surface area contributed by atoms with E-state index in [0.717, 1.165) is 36.9 Å². The summed E-state index contributed by atoms with van der Waals surface area (Å²) in [5.74, 6) is -3.02. The van der Waals surface area contributed by atoms with Crippen molar-refractivity contribution in [2.75, 3.05) is 25.5 Å². The van der Waals surface area contributed by atoms with E-state index in [9.17, 15) is 10.1 Å². The second-order valence-corrected chi connectivity index (χ2v) is 7.89. The number of carboxylic acids is 2. The van der Waals surface area contributed by atoms with Crippen LogP contribution in [-0.4, -0.2) is 58.2 Å². The van der Waals surface area contributed by atoms with Crippen LogP contribution in [0.15, 0.2) is 46.9 Å². The summed E-state index contributed by atoms with van der Waals surface area (Å²) >= 11 is 3.61. The molecule has 0 atom stereocenters. The fourth-order valence-corrected chi connectivity index (χ4v) is 3.66. The molecular weight excluding hydrogens is 486 g/mol. The second kappa shape index (κ2) is 12.0. The molecule has 0 radical (unpaired) electrons. The van der Waals surface area contributed by atoms with Gasteiger partial charge < -0.3 is 20.3 Å². The van der Waals surface area contributed by atoms with Gasteiger partial charge in [0.1, 0.15) is 5.75 Å². The van der Waals surface area contributed by atoms with E-state index in [1.807, 2.05) is 6.07 Å². The largest absolute Gasteiger partial charge is 0.495 e. The van der Waals surface area contributed by atoms with E-state index in [2.05, 4.69) is 44.3 Å². The number of non-ortho nitro benzene ring substituents is 1. The first-order valence-corrected chi connectivity index (χ1v) is 10.5. The SMILES string of the molecule is COc1ccc([N+](=O)[O-])cc1NC1CCN(Cc2ccccc2Br)CC1.O=C(O)C(=O)O. The number of nitrogens with zero attached hydrogens (tertiary/aromatic N) is 2. The van der Waals surface area contributed by atoms with Crippen molar-refractivity contribution in [2.45, 2.75) is 25.4 Å². The summed E-state index contributed by atoms with van der Waals surface area (Å²) in [6.07, 6.45) is 1.96. The monoisotopic (exact) mass is 509 g/mol. The Morgan fingerprint density at radius 1 is 1.19 bits per heavy atom. The molecule has 0 aromatic heterocycles. The molecule has 0 saturated carbocycles. The van der Waals surface area contributed by atoms with Crippen LogP contribution in [-0.2, 0) is 16.1 Å². The number of aliphatic carboxylic acids is 2. The van der Waals surface area contributed by atoms with E-state index in [0.29, 0.717) is 11.4 Å². The minimum atomic E-state index is -1.82. The lowest BCUT2D eigenvalue weighted by Crippen LogP contribution is -2.38. The summed E-state index contributed by atoms with van der Waals surface area (Å²) in [6.45, 7) is 2.89. The topological polar surface area (TPSA) is 142 Å². The van der Waals surface area contributed by atoms with Crippen molar-refractivity contribution in [1.29, 1.82) is 0 Å². The van der Waals surface area contributed by atoms with E-state index < -0.39 is 11.9 Å². The number of carbonyl (C=O) groups is 2. The number of likely N-dealkylation sites (tertiary alicyclic amines) is 1. The number of methoxy groups -OCH3 is 1. The Kier molecular flexibility index (Phi) is 9.41. The molecule has 1 heterocycles. The molecule has 2 aromatic rings. The number of rotatable bonds is 6. The van der Waals surface area contributed by atoms with Crippen molar-refractivity contribution in [3.63, 3.8) is 0 Å². The van der Waals surface area contributed by atoms with Gasteiger partial charge in [-0.2, -0.15) is 0 Å². The van der Waals surface area contributed by atoms with Gasteiger partial charge in [-0.15, -0.1) is 0 Å². The van der Waals surface area contributed by atoms with Gasteiger partial charge >= 0.3 is 11.9 Å². The van der Waals surface area contributed by atoms with Crippen LogP contribution in [0.1, 0.15) is 18.4 Å². The number of ether oxygens (including phenoxy) is 1. The molecule has 172 valence electrons. The van der Waals surface area contributed by atoms with Crippen LogP contribution in [0.4, 0.5) is 11.4 Å². The second-order valence-electron chi connectivity index (χ2n) is 7.04. The highest BCUT2D eigenvalue weighted by Gasteiger charge is 2.21. The summed E-state index contributed by atoms with van der Waals surface area (Å²) in [5.41, 5.74) is 2.05. The van der Waals surface area contributed by atoms with Gasteiger partial charge in [0, 0.05) is 42.3 Å². The van der Waals surface area contributed by atoms with E-state index in [1.165, 1.54) is 11.6 Å². The molecule has 1 saturated heterocycles. The number of hydrogen-bond donors (Lipinski definition) is 3. The number of nitro groups is 1. The van der Waals surface area contributed by atoms with Gasteiger partial charge in [-0.3, -0.25) is 15.0 Å². The molecule has 3 N–H and O–H groups in total. The van der Waals surface area contributed by atoms with Crippen LogP contribution in [0.5, 0.6) is 5.75 Å². The highest BCUT2D eigenvalue weighted by atomic mass is 79.9. The van der Waals surface area contributed by atoms with Crippen LogP contribution in [0, 0.1) is 10.1 Å². The summed E-state index contributed by atoms with van der Waals surface area (Å²) < 4.78 is 6.47. The Morgan fingerprint density at radius 3 is 2.34 bits per heavy atom. The van der Waals surface area contributed by atoms with Gasteiger partial charge in [-0.05, 0) is 30.5 Å². The van der Waals surface area contributed by atoms with Crippen LogP contribution in [0.25, 0.3) is 0 Å². The molecule has 2 aromatic carbocycles. The molecule has 32 heavy (non-hydrogen) atoms. The zero-order valence-electron chi connectivity index (χ0n) is 17.4. The Labute approximate surface area is 193 Å². The molecule has 0 unspecified atom stereocenters. The van der Waals surface area contributed by atoms with Crippen LogP contribution in [0.2, 0.25) is 0 Å². The maximum atomic E-state index is 11.0. The molecule has 1 aliphatic rings. The highest BCUT2D eigenvalue weighted by molar-refractivity contribution is 9.10. The lowest BCUT2D eigenvalue weighted by molar-refractivity contribution is -0.384. The predicted molar refractivity (Wildman–Crippen MR) is 121 cm³/mol. The van der Waals surface area contributed by atoms with Crippen molar-refractivity contribution in [1.82, 2.24) is 4.90 Å². The lowest BCUT2D eigenvalue weighted by atomic mass is 10.0. The number of nitro benzene ring substituents is 1. The Bertz CT molecular complexity index is 950. The van der Waals surface area contributed by atoms with Gasteiger partial charge in [-0.25, -0.2) is 9.59 Å². The Hall–Kier alpha value is -3.18. The summed E-state index contributed by atoms with van der Waals surface area (Å²) in [7, 11) is 1.58. The average molecular weight is 510 g/mol. The zero-order chi connectivity index (χ0) is 23.7. The zero-order valence-corrected chi connectivity index (χ0v) is 18.9. The number of nitrogens with one attached hydrogen (secondary N) is 1. The maximum Gasteiger partial charge on any atom is 0.414 e. The van der Waals surface area contributed by atoms with Crippen LogP contribution < -0.4 is 10.1 Å². The summed E-state index contributed by atoms with van der Waals surface area (Å²) in [5, 5.41) is 29.2. The predicted octanol–water partition coefficient (Wildman–Crippen LogP) is 3.60. The Morgan fingerprint density at radius 2 is 1.81 bits per heavy atom. The van der Waals surface area contributed by atoms with Crippen LogP contribution in [0.3, 0.4) is 0 Å². The third-order valence-electron chi connectivity index (χ3n) is 4.88. The fourth-order valence-electron chi connectivity index (χ4n) is 3.25. The van der Waals surface area contributed by atoms with Crippen molar-refractivity contribution in [2.24, 2.45) is 0 Å². The number of benzene rings is 2. The summed E-state index contributed by atoms with van der Waals surface area (Å²) in [4.78, 5) is 31.3. The van der Waals surface area contributed by atoms with Crippen molar-refractivity contribution in [3.8, 4) is 5.75 Å². The molecule has 0 amide bonds. The lowest BCUT2D eigenvalue weighted by Gasteiger charge is -2.33. The average Bonchev–Trinajstić information content (AvgIpc) is 2.77. The smallest absolute Gasteiger partial charge is 0.414 e. The van der Waals surface area contributed by atoms with Gasteiger partial charge in [0.15, 0.2) is 0 Å². The first-order valence-electron chi connectivity index (χ1n) is 9.72. The number of anilines is 1. The number of halogens is 1. The minimum Gasteiger partial charge on any atom is -0.495 e. The summed E-state index contributed by atoms with van der Waals surface area (Å²) in [6, 6.07) is 13.2. The molecule has 1 aliphatic heterocycles. The minimum absolute atomic E-state index is 0.0691. The van der Waals surface area contributed by atoms with Gasteiger partial charge in [0.05, 0.1) is 17.7 Å². The third kappa shape index (κ3) is 7.50. The van der Waals surface area contributed by atoms with E-state index in [4.69, 9.17) is 24.5 Å². The van der Waals surface area contributed by atoms with Crippen LogP contribution >= 0.6 is 15.9 Å². The molecule has 0 spiro atoms. The van der Waals surface area contributed by atoms with Crippen molar-refractivity contribution in [3.05, 3.63) is 62.6 Å². The standard InChI is InChI=1S/C19H22BrN3O3.C2H2O4/c1-26-19-7-6-16(23(24)25)12-18(19)21-15-8-10-22(11-9-15)13-14-4-2-3-5-17(14)20;3-1(4)2(5)6/h2-7,12,15,21H,8-11,13H2,1H3;(H,3,4)(H,5,6). The number of carboxylic acid groups (broad SMARTS) is 2. The first kappa shape index (κ1) is 25.1. The van der Waals surface area contributed by atoms with Gasteiger partial charge in [0.2, 0.25) is 0 Å². The molecule has 0 aliphatic carbocycles. The molecule has 0 bridgehead atoms. The molecule has 3 rings (SSSR count). The van der Waals surface area contributed by atoms with Crippen molar-refractivity contribution < 1.29 is 29.5 Å². The van der Waals surface area contributed by atoms with Crippen molar-refractivity contribution >= 4 is 39.2 Å². The third-order valence-corrected chi connectivity index (χ3v) is 5.65. The van der Waals surface area contributed by atoms with E-state index in [-0.39, 0.29) is 16.7 Å². The maximum absolute atomic E-state index is 11.0. The number of hydrogen-bond acceptors (Lipinski definition) is 7. The first-order chi connectivity index (χ1) is 15.2. The normalized spacial score (nSPS) is 14.1. The molecular formula is C21H24BrN3O7. The molecule has 10 nitrogen and oxygen atoms in total.